The Hall–Kier alpha value is -1.26. The average Bonchev–Trinajstić information content (AvgIpc) is 3.82. The van der Waals surface area contributed by atoms with Gasteiger partial charge in [-0.2, -0.15) is 0 Å². The highest BCUT2D eigenvalue weighted by atomic mass is 16.6. The van der Waals surface area contributed by atoms with Gasteiger partial charge in [0.05, 0.1) is 13.2 Å². The molecule has 0 amide bonds. The van der Waals surface area contributed by atoms with Crippen LogP contribution in [0.5, 0.6) is 11.5 Å². The summed E-state index contributed by atoms with van der Waals surface area (Å²) in [4.78, 5) is 0. The molecule has 8 bridgehead atoms. The van der Waals surface area contributed by atoms with E-state index in [0.29, 0.717) is 0 Å². The van der Waals surface area contributed by atoms with Crippen molar-refractivity contribution < 1.29 is 18.9 Å². The second-order valence-corrected chi connectivity index (χ2v) is 19.8. The Kier molecular flexibility index (Phi) is 6.34. The highest BCUT2D eigenvalue weighted by Crippen LogP contribution is 2.67. The van der Waals surface area contributed by atoms with Gasteiger partial charge in [-0.05, 0) is 130 Å². The highest BCUT2D eigenvalue weighted by molar-refractivity contribution is 5.56. The fourth-order valence-electron chi connectivity index (χ4n) is 12.9. The summed E-state index contributed by atoms with van der Waals surface area (Å²) in [5.74, 6) is 7.61. The Morgan fingerprint density at radius 2 is 0.977 bits per heavy atom. The molecule has 2 aliphatic heterocycles. The zero-order valence-corrected chi connectivity index (χ0v) is 28.5. The summed E-state index contributed by atoms with van der Waals surface area (Å²) in [5, 5.41) is 0. The lowest BCUT2D eigenvalue weighted by Crippen LogP contribution is -2.52. The van der Waals surface area contributed by atoms with E-state index in [1.807, 2.05) is 0 Å². The zero-order valence-electron chi connectivity index (χ0n) is 28.5. The molecule has 242 valence electrons. The molecule has 0 radical (unpaired) electrons. The maximum absolute atomic E-state index is 7.48. The molecule has 8 aliphatic carbocycles. The lowest BCUT2D eigenvalue weighted by molar-refractivity contribution is -0.0206. The van der Waals surface area contributed by atoms with Gasteiger partial charge in [-0.1, -0.05) is 41.5 Å². The van der Waals surface area contributed by atoms with Crippen LogP contribution < -0.4 is 9.47 Å². The van der Waals surface area contributed by atoms with Gasteiger partial charge in [-0.25, -0.2) is 0 Å². The van der Waals surface area contributed by atoms with E-state index < -0.39 is 0 Å². The van der Waals surface area contributed by atoms with E-state index >= 15 is 0 Å². The van der Waals surface area contributed by atoms with Crippen molar-refractivity contribution in [2.75, 3.05) is 13.2 Å². The molecule has 4 atom stereocenters. The normalized spacial score (nSPS) is 44.5. The van der Waals surface area contributed by atoms with Crippen LogP contribution in [0.25, 0.3) is 0 Å². The molecule has 8 saturated carbocycles. The van der Waals surface area contributed by atoms with Gasteiger partial charge in [0.1, 0.15) is 35.9 Å². The molecule has 4 heteroatoms. The van der Waals surface area contributed by atoms with E-state index in [0.717, 1.165) is 60.2 Å². The van der Waals surface area contributed by atoms with Gasteiger partial charge in [-0.3, -0.25) is 0 Å². The minimum absolute atomic E-state index is 0.00255. The Balaban J connectivity index is 1.24. The Labute approximate surface area is 266 Å². The Morgan fingerprint density at radius 3 is 1.36 bits per heavy atom. The molecule has 0 aromatic heterocycles. The van der Waals surface area contributed by atoms with E-state index in [9.17, 15) is 0 Å². The van der Waals surface area contributed by atoms with Gasteiger partial charge in [-0.15, -0.1) is 0 Å². The van der Waals surface area contributed by atoms with Crippen molar-refractivity contribution in [2.45, 2.75) is 154 Å². The molecule has 10 fully saturated rings. The second kappa shape index (κ2) is 9.65. The van der Waals surface area contributed by atoms with Crippen LogP contribution in [-0.4, -0.2) is 37.6 Å². The fourth-order valence-corrected chi connectivity index (χ4v) is 12.9. The number of epoxide rings is 2. The number of benzene rings is 1. The van der Waals surface area contributed by atoms with Crippen LogP contribution in [-0.2, 0) is 20.3 Å². The van der Waals surface area contributed by atoms with Crippen molar-refractivity contribution in [1.29, 1.82) is 0 Å². The van der Waals surface area contributed by atoms with Crippen molar-refractivity contribution in [1.82, 2.24) is 0 Å². The van der Waals surface area contributed by atoms with E-state index in [1.165, 1.54) is 77.0 Å². The smallest absolute Gasteiger partial charge is 0.132 e. The summed E-state index contributed by atoms with van der Waals surface area (Å²) < 4.78 is 26.5. The Morgan fingerprint density at radius 1 is 0.591 bits per heavy atom. The lowest BCUT2D eigenvalue weighted by Gasteiger charge is -2.61. The Bertz CT molecular complexity index is 1220. The predicted molar refractivity (Wildman–Crippen MR) is 173 cm³/mol. The molecule has 4 nitrogen and oxygen atoms in total. The molecule has 11 rings (SSSR count). The first-order valence-electron chi connectivity index (χ1n) is 18.6. The van der Waals surface area contributed by atoms with Gasteiger partial charge < -0.3 is 18.9 Å². The standard InChI is InChI=1S/C40H58O4/c1-37(2,3)35(32-21-41-32)43-29-13-30(39-15-23-7-24(16-39)9-25(8-23)17-39)34(31(14-29)44-36(33-22-42-33)38(4,5)6)40-18-26-10-27(19-40)12-28(11-26)20-40/h13-14,23-28,32-33,35-36H,7-12,15-22H2,1-6H3. The first-order valence-corrected chi connectivity index (χ1v) is 18.6. The largest absolute Gasteiger partial charge is 0.487 e. The first-order chi connectivity index (χ1) is 20.9. The van der Waals surface area contributed by atoms with Crippen molar-refractivity contribution in [3.05, 3.63) is 23.3 Å². The van der Waals surface area contributed by atoms with Gasteiger partial charge in [0, 0.05) is 27.9 Å². The first kappa shape index (κ1) is 28.9. The predicted octanol–water partition coefficient (Wildman–Crippen LogP) is 9.01. The summed E-state index contributed by atoms with van der Waals surface area (Å²) in [6.45, 7) is 15.6. The van der Waals surface area contributed by atoms with E-state index in [2.05, 4.69) is 53.7 Å². The van der Waals surface area contributed by atoms with Crippen LogP contribution in [0.3, 0.4) is 0 Å². The van der Waals surface area contributed by atoms with Crippen LogP contribution in [0, 0.1) is 46.3 Å². The van der Waals surface area contributed by atoms with E-state index in [-0.39, 0.29) is 46.1 Å². The summed E-state index contributed by atoms with van der Waals surface area (Å²) in [6, 6.07) is 4.95. The van der Waals surface area contributed by atoms with Crippen LogP contribution >= 0.6 is 0 Å². The van der Waals surface area contributed by atoms with E-state index in [4.69, 9.17) is 18.9 Å². The van der Waals surface area contributed by atoms with Crippen LogP contribution in [0.4, 0.5) is 0 Å². The summed E-state index contributed by atoms with van der Waals surface area (Å²) in [7, 11) is 0. The van der Waals surface area contributed by atoms with Crippen LogP contribution in [0.1, 0.15) is 130 Å². The molecule has 0 N–H and O–H groups in total. The van der Waals surface area contributed by atoms with Crippen LogP contribution in [0.15, 0.2) is 12.1 Å². The molecule has 1 aromatic carbocycles. The molecular weight excluding hydrogens is 544 g/mol. The van der Waals surface area contributed by atoms with Crippen molar-refractivity contribution >= 4 is 0 Å². The number of hydrogen-bond donors (Lipinski definition) is 0. The maximum Gasteiger partial charge on any atom is 0.132 e. The molecule has 2 saturated heterocycles. The molecule has 2 heterocycles. The second-order valence-electron chi connectivity index (χ2n) is 19.8. The maximum atomic E-state index is 7.48. The number of rotatable bonds is 8. The van der Waals surface area contributed by atoms with Crippen molar-refractivity contribution in [2.24, 2.45) is 46.3 Å². The van der Waals surface area contributed by atoms with Crippen molar-refractivity contribution in [3.63, 3.8) is 0 Å². The van der Waals surface area contributed by atoms with Gasteiger partial charge in [0.2, 0.25) is 0 Å². The third kappa shape index (κ3) is 4.89. The number of hydrogen-bond acceptors (Lipinski definition) is 4. The molecule has 4 unspecified atom stereocenters. The SMILES string of the molecule is CC(C)(C)C(Oc1cc(OC(C2CO2)C(C)(C)C)c(C23CC4CC(CC(C4)C2)C3)c(C23CC4CC(CC(C4)C2)C3)c1)C1CO1. The monoisotopic (exact) mass is 602 g/mol. The van der Waals surface area contributed by atoms with Crippen molar-refractivity contribution in [3.8, 4) is 11.5 Å². The molecule has 0 spiro atoms. The topological polar surface area (TPSA) is 43.5 Å². The summed E-state index contributed by atoms with van der Waals surface area (Å²) in [6.07, 6.45) is 17.5. The third-order valence-corrected chi connectivity index (χ3v) is 13.9. The van der Waals surface area contributed by atoms with Gasteiger partial charge in [0.15, 0.2) is 0 Å². The molecule has 1 aromatic rings. The third-order valence-electron chi connectivity index (χ3n) is 13.9. The summed E-state index contributed by atoms with van der Waals surface area (Å²) in [5.41, 5.74) is 3.85. The molecule has 10 aliphatic rings. The van der Waals surface area contributed by atoms with Gasteiger partial charge >= 0.3 is 0 Å². The van der Waals surface area contributed by atoms with E-state index in [1.54, 1.807) is 11.1 Å². The van der Waals surface area contributed by atoms with Crippen LogP contribution in [0.2, 0.25) is 0 Å². The quantitative estimate of drug-likeness (QED) is 0.279. The minimum atomic E-state index is -0.00653. The van der Waals surface area contributed by atoms with Gasteiger partial charge in [0.25, 0.3) is 0 Å². The fraction of sp³-hybridized carbons (Fsp3) is 0.850. The lowest BCUT2D eigenvalue weighted by atomic mass is 9.44. The minimum Gasteiger partial charge on any atom is -0.487 e. The molecular formula is C40H58O4. The number of ether oxygens (including phenoxy) is 4. The average molecular weight is 603 g/mol. The highest BCUT2D eigenvalue weighted by Gasteiger charge is 2.58. The molecule has 44 heavy (non-hydrogen) atoms. The summed E-state index contributed by atoms with van der Waals surface area (Å²) >= 11 is 0. The zero-order chi connectivity index (χ0) is 30.2.